The fraction of sp³-hybridized carbons (Fsp3) is 0.875. The van der Waals surface area contributed by atoms with Gasteiger partial charge in [-0.05, 0) is 26.7 Å². The Labute approximate surface area is 83.0 Å². The molecule has 0 aliphatic carbocycles. The molecule has 0 aromatic heterocycles. The van der Waals surface area contributed by atoms with E-state index in [4.69, 9.17) is 9.79 Å². The van der Waals surface area contributed by atoms with E-state index in [1.807, 2.05) is 6.92 Å². The molecule has 13 heavy (non-hydrogen) atoms. The van der Waals surface area contributed by atoms with Gasteiger partial charge in [-0.3, -0.25) is 4.57 Å². The van der Waals surface area contributed by atoms with Crippen LogP contribution in [-0.2, 0) is 9.09 Å². The van der Waals surface area contributed by atoms with Crippen molar-refractivity contribution in [3.8, 4) is 6.07 Å². The van der Waals surface area contributed by atoms with E-state index < -0.39 is 11.7 Å². The van der Waals surface area contributed by atoms with Crippen molar-refractivity contribution in [2.24, 2.45) is 0 Å². The first-order valence-electron chi connectivity index (χ1n) is 4.38. The molecular weight excluding hydrogens is 205 g/mol. The van der Waals surface area contributed by atoms with Gasteiger partial charge in [-0.1, -0.05) is 11.4 Å². The molecule has 5 heteroatoms. The molecule has 1 fully saturated rings. The molecule has 1 saturated heterocycles. The maximum atomic E-state index is 12.2. The molecule has 0 bridgehead atoms. The maximum absolute atomic E-state index is 12.2. The van der Waals surface area contributed by atoms with E-state index in [-0.39, 0.29) is 0 Å². The van der Waals surface area contributed by atoms with Gasteiger partial charge in [0.25, 0.3) is 6.57 Å². The SMILES string of the molecule is CCO[P@@]1(=O)SCCC[C@]1(C)C#N. The molecule has 0 unspecified atom stereocenters. The minimum Gasteiger partial charge on any atom is -0.320 e. The first kappa shape index (κ1) is 11.1. The Bertz CT molecular complexity index is 270. The predicted octanol–water partition coefficient (Wildman–Crippen LogP) is 3.03. The lowest BCUT2D eigenvalue weighted by Crippen LogP contribution is -2.26. The Morgan fingerprint density at radius 1 is 1.77 bits per heavy atom. The second-order valence-electron chi connectivity index (χ2n) is 3.24. The second kappa shape index (κ2) is 4.04. The van der Waals surface area contributed by atoms with Crippen LogP contribution in [0.3, 0.4) is 0 Å². The molecule has 1 rings (SSSR count). The lowest BCUT2D eigenvalue weighted by molar-refractivity contribution is 0.329. The molecule has 0 N–H and O–H groups in total. The van der Waals surface area contributed by atoms with Crippen LogP contribution in [-0.4, -0.2) is 17.5 Å². The molecule has 0 aromatic rings. The molecule has 0 radical (unpaired) electrons. The van der Waals surface area contributed by atoms with Crippen LogP contribution in [0, 0.1) is 11.3 Å². The Morgan fingerprint density at radius 3 is 3.00 bits per heavy atom. The van der Waals surface area contributed by atoms with E-state index in [1.165, 1.54) is 11.4 Å². The van der Waals surface area contributed by atoms with Crippen LogP contribution in [0.2, 0.25) is 0 Å². The lowest BCUT2D eigenvalue weighted by Gasteiger charge is -2.34. The van der Waals surface area contributed by atoms with Crippen molar-refractivity contribution in [1.29, 1.82) is 5.26 Å². The molecule has 74 valence electrons. The van der Waals surface area contributed by atoms with E-state index in [0.29, 0.717) is 13.0 Å². The monoisotopic (exact) mass is 219 g/mol. The van der Waals surface area contributed by atoms with E-state index in [9.17, 15) is 4.57 Å². The zero-order valence-corrected chi connectivity index (χ0v) is 9.66. The summed E-state index contributed by atoms with van der Waals surface area (Å²) >= 11 is 1.33. The van der Waals surface area contributed by atoms with Crippen molar-refractivity contribution in [3.63, 3.8) is 0 Å². The van der Waals surface area contributed by atoms with E-state index in [0.717, 1.165) is 12.2 Å². The van der Waals surface area contributed by atoms with Crippen LogP contribution in [0.5, 0.6) is 0 Å². The summed E-state index contributed by atoms with van der Waals surface area (Å²) < 4.78 is 17.5. The minimum absolute atomic E-state index is 0.418. The summed E-state index contributed by atoms with van der Waals surface area (Å²) in [6.07, 6.45) is 1.64. The van der Waals surface area contributed by atoms with Gasteiger partial charge in [0.2, 0.25) is 0 Å². The summed E-state index contributed by atoms with van der Waals surface area (Å²) in [4.78, 5) is 0. The third-order valence-corrected chi connectivity index (χ3v) is 8.25. The van der Waals surface area contributed by atoms with Crippen LogP contribution in [0.4, 0.5) is 0 Å². The second-order valence-corrected chi connectivity index (χ2v) is 8.36. The minimum atomic E-state index is -2.78. The normalized spacial score (nSPS) is 39.8. The van der Waals surface area contributed by atoms with Gasteiger partial charge in [0, 0.05) is 5.75 Å². The summed E-state index contributed by atoms with van der Waals surface area (Å²) in [6, 6.07) is 2.15. The highest BCUT2D eigenvalue weighted by atomic mass is 32.7. The van der Waals surface area contributed by atoms with Gasteiger partial charge >= 0.3 is 0 Å². The topological polar surface area (TPSA) is 50.1 Å². The average molecular weight is 219 g/mol. The van der Waals surface area contributed by atoms with Crippen LogP contribution < -0.4 is 0 Å². The molecule has 1 aliphatic heterocycles. The van der Waals surface area contributed by atoms with E-state index in [1.54, 1.807) is 6.92 Å². The Morgan fingerprint density at radius 2 is 2.46 bits per heavy atom. The van der Waals surface area contributed by atoms with Crippen LogP contribution >= 0.6 is 18.0 Å². The molecule has 1 aliphatic rings. The van der Waals surface area contributed by atoms with Crippen molar-refractivity contribution in [2.45, 2.75) is 31.8 Å². The van der Waals surface area contributed by atoms with E-state index in [2.05, 4.69) is 6.07 Å². The van der Waals surface area contributed by atoms with Crippen molar-refractivity contribution in [1.82, 2.24) is 0 Å². The molecule has 0 amide bonds. The smallest absolute Gasteiger partial charge is 0.277 e. The highest BCUT2D eigenvalue weighted by Crippen LogP contribution is 2.72. The predicted molar refractivity (Wildman–Crippen MR) is 54.9 cm³/mol. The van der Waals surface area contributed by atoms with Gasteiger partial charge in [0.05, 0.1) is 12.7 Å². The first-order valence-corrected chi connectivity index (χ1v) is 7.60. The number of hydrogen-bond acceptors (Lipinski definition) is 4. The first-order chi connectivity index (χ1) is 6.08. The van der Waals surface area contributed by atoms with Crippen LogP contribution in [0.25, 0.3) is 0 Å². The van der Waals surface area contributed by atoms with Crippen LogP contribution in [0.1, 0.15) is 26.7 Å². The fourth-order valence-electron chi connectivity index (χ4n) is 1.35. The van der Waals surface area contributed by atoms with Crippen molar-refractivity contribution in [3.05, 3.63) is 0 Å². The van der Waals surface area contributed by atoms with Crippen molar-refractivity contribution in [2.75, 3.05) is 12.4 Å². The van der Waals surface area contributed by atoms with Gasteiger partial charge in [0.15, 0.2) is 0 Å². The van der Waals surface area contributed by atoms with Gasteiger partial charge in [-0.15, -0.1) is 0 Å². The summed E-state index contributed by atoms with van der Waals surface area (Å²) in [5.41, 5.74) is 0. The Balaban J connectivity index is 2.92. The van der Waals surface area contributed by atoms with Gasteiger partial charge in [-0.25, -0.2) is 0 Å². The molecular formula is C8H14NO2PS. The largest absolute Gasteiger partial charge is 0.320 e. The molecule has 0 spiro atoms. The number of rotatable bonds is 2. The van der Waals surface area contributed by atoms with Gasteiger partial charge in [-0.2, -0.15) is 5.26 Å². The molecule has 2 atom stereocenters. The quantitative estimate of drug-likeness (QED) is 0.670. The van der Waals surface area contributed by atoms with Gasteiger partial charge in [0.1, 0.15) is 5.16 Å². The standard InChI is InChI=1S/C8H14NO2PS/c1-3-11-12(10)8(2,7-9)5-4-6-13-12/h3-6H2,1-2H3/t8-,12-/m1/s1. The zero-order valence-electron chi connectivity index (χ0n) is 7.95. The number of nitrogens with zero attached hydrogens (tertiary/aromatic N) is 1. The van der Waals surface area contributed by atoms with Crippen molar-refractivity contribution < 1.29 is 9.09 Å². The third-order valence-electron chi connectivity index (χ3n) is 2.21. The molecule has 1 heterocycles. The summed E-state index contributed by atoms with van der Waals surface area (Å²) in [5, 5.41) is 8.23. The Kier molecular flexibility index (Phi) is 3.45. The lowest BCUT2D eigenvalue weighted by atomic mass is 10.1. The fourth-order valence-corrected chi connectivity index (χ4v) is 6.30. The van der Waals surface area contributed by atoms with Crippen LogP contribution in [0.15, 0.2) is 0 Å². The molecule has 0 saturated carbocycles. The highest BCUT2D eigenvalue weighted by Gasteiger charge is 2.48. The Hall–Kier alpha value is 0.0300. The summed E-state index contributed by atoms with van der Waals surface area (Å²) in [7, 11) is 0. The highest BCUT2D eigenvalue weighted by molar-refractivity contribution is 8.57. The number of hydrogen-bond donors (Lipinski definition) is 0. The molecule has 0 aromatic carbocycles. The number of nitriles is 1. The summed E-state index contributed by atoms with van der Waals surface area (Å²) in [5.74, 6) is 0.842. The third kappa shape index (κ3) is 1.93. The average Bonchev–Trinajstić information content (AvgIpc) is 2.11. The maximum Gasteiger partial charge on any atom is 0.277 e. The summed E-state index contributed by atoms with van der Waals surface area (Å²) in [6.45, 7) is 1.20. The van der Waals surface area contributed by atoms with Gasteiger partial charge < -0.3 is 4.52 Å². The van der Waals surface area contributed by atoms with Crippen molar-refractivity contribution >= 4 is 18.0 Å². The molecule has 3 nitrogen and oxygen atoms in total. The zero-order chi connectivity index (χ0) is 9.95. The van der Waals surface area contributed by atoms with E-state index >= 15 is 0 Å².